The van der Waals surface area contributed by atoms with Crippen molar-refractivity contribution in [2.45, 2.75) is 30.3 Å². The zero-order chi connectivity index (χ0) is 23.5. The Labute approximate surface area is 203 Å². The molecular formula is C25H30ClN2O3PS. The molecule has 0 aromatic heterocycles. The zero-order valence-corrected chi connectivity index (χ0v) is 21.4. The molecule has 2 aromatic carbocycles. The van der Waals surface area contributed by atoms with Crippen LogP contribution in [0.2, 0.25) is 0 Å². The summed E-state index contributed by atoms with van der Waals surface area (Å²) in [7, 11) is 6.01. The van der Waals surface area contributed by atoms with Crippen LogP contribution in [0.25, 0.3) is 0 Å². The van der Waals surface area contributed by atoms with Gasteiger partial charge in [-0.15, -0.1) is 9.24 Å². The Morgan fingerprint density at radius 1 is 1.06 bits per heavy atom. The van der Waals surface area contributed by atoms with Crippen LogP contribution in [0.5, 0.6) is 0 Å². The van der Waals surface area contributed by atoms with Crippen molar-refractivity contribution in [1.29, 1.82) is 0 Å². The number of likely N-dealkylation sites (N-methyl/N-ethyl adjacent to an activating group) is 1. The minimum atomic E-state index is -3.82. The van der Waals surface area contributed by atoms with Crippen LogP contribution < -0.4 is 0 Å². The summed E-state index contributed by atoms with van der Waals surface area (Å²) >= 11 is 0. The standard InChI is InChI=1S/C25H30ClN2O3PS/c1-27(33(26,29)30)17-23-18-28(19-24(32)31-23)25(20-11-5-2-6-12-20,21-13-7-3-8-14-21)22-15-9-4-10-16-22/h2-3,5-9,11-16,23-24H,4,10,17-19,32H2,1H3. The van der Waals surface area contributed by atoms with Crippen LogP contribution in [0, 0.1) is 0 Å². The van der Waals surface area contributed by atoms with Crippen molar-refractivity contribution >= 4 is 29.2 Å². The van der Waals surface area contributed by atoms with E-state index in [1.54, 1.807) is 0 Å². The van der Waals surface area contributed by atoms with Gasteiger partial charge >= 0.3 is 0 Å². The Balaban J connectivity index is 1.85. The second kappa shape index (κ2) is 10.4. The van der Waals surface area contributed by atoms with E-state index in [9.17, 15) is 8.42 Å². The van der Waals surface area contributed by atoms with E-state index in [0.29, 0.717) is 13.1 Å². The average Bonchev–Trinajstić information content (AvgIpc) is 2.81. The van der Waals surface area contributed by atoms with Crippen LogP contribution in [-0.2, 0) is 19.5 Å². The first-order valence-electron chi connectivity index (χ1n) is 11.1. The predicted molar refractivity (Wildman–Crippen MR) is 137 cm³/mol. The number of hydrogen-bond donors (Lipinski definition) is 0. The summed E-state index contributed by atoms with van der Waals surface area (Å²) in [5, 5.41) is 0. The van der Waals surface area contributed by atoms with E-state index in [0.717, 1.165) is 17.1 Å². The van der Waals surface area contributed by atoms with Gasteiger partial charge in [-0.05, 0) is 29.5 Å². The molecule has 0 amide bonds. The third-order valence-corrected chi connectivity index (χ3v) is 8.26. The quantitative estimate of drug-likeness (QED) is 0.411. The van der Waals surface area contributed by atoms with E-state index in [-0.39, 0.29) is 18.5 Å². The molecule has 0 spiro atoms. The van der Waals surface area contributed by atoms with Gasteiger partial charge in [0.2, 0.25) is 0 Å². The zero-order valence-electron chi connectivity index (χ0n) is 18.7. The van der Waals surface area contributed by atoms with Gasteiger partial charge in [0.15, 0.2) is 0 Å². The first-order valence-corrected chi connectivity index (χ1v) is 14.1. The molecule has 0 N–H and O–H groups in total. The predicted octanol–water partition coefficient (Wildman–Crippen LogP) is 4.52. The smallest absolute Gasteiger partial charge is 0.299 e. The summed E-state index contributed by atoms with van der Waals surface area (Å²) in [5.41, 5.74) is 3.03. The Kier molecular flexibility index (Phi) is 7.74. The largest absolute Gasteiger partial charge is 0.367 e. The van der Waals surface area contributed by atoms with Gasteiger partial charge in [-0.1, -0.05) is 78.9 Å². The molecule has 1 aliphatic carbocycles. The molecule has 8 heteroatoms. The fourth-order valence-electron chi connectivity index (χ4n) is 4.91. The highest BCUT2D eigenvalue weighted by Crippen LogP contribution is 2.45. The molecule has 3 atom stereocenters. The van der Waals surface area contributed by atoms with E-state index >= 15 is 0 Å². The highest BCUT2D eigenvalue weighted by atomic mass is 35.7. The molecule has 2 aromatic rings. The summed E-state index contributed by atoms with van der Waals surface area (Å²) in [6.45, 7) is 1.41. The minimum absolute atomic E-state index is 0.157. The maximum absolute atomic E-state index is 11.9. The fourth-order valence-corrected chi connectivity index (χ4v) is 5.90. The summed E-state index contributed by atoms with van der Waals surface area (Å²) in [5.74, 6) is -0.157. The molecule has 1 fully saturated rings. The number of benzene rings is 2. The van der Waals surface area contributed by atoms with Crippen molar-refractivity contribution in [1.82, 2.24) is 9.21 Å². The number of hydrogen-bond acceptors (Lipinski definition) is 4. The van der Waals surface area contributed by atoms with Crippen molar-refractivity contribution in [2.24, 2.45) is 0 Å². The van der Waals surface area contributed by atoms with E-state index in [1.807, 2.05) is 12.1 Å². The first kappa shape index (κ1) is 24.6. The van der Waals surface area contributed by atoms with Gasteiger partial charge in [0.25, 0.3) is 9.24 Å². The molecule has 176 valence electrons. The van der Waals surface area contributed by atoms with Crippen molar-refractivity contribution in [2.75, 3.05) is 26.7 Å². The lowest BCUT2D eigenvalue weighted by Gasteiger charge is -2.51. The number of morpholine rings is 1. The molecule has 1 aliphatic heterocycles. The van der Waals surface area contributed by atoms with Gasteiger partial charge in [-0.3, -0.25) is 4.90 Å². The van der Waals surface area contributed by atoms with Crippen LogP contribution in [0.4, 0.5) is 0 Å². The second-order valence-corrected chi connectivity index (χ2v) is 11.9. The van der Waals surface area contributed by atoms with Crippen LogP contribution in [-0.4, -0.2) is 56.3 Å². The molecular weight excluding hydrogens is 475 g/mol. The van der Waals surface area contributed by atoms with Gasteiger partial charge in [-0.2, -0.15) is 12.7 Å². The Morgan fingerprint density at radius 3 is 2.18 bits per heavy atom. The summed E-state index contributed by atoms with van der Waals surface area (Å²) in [4.78, 5) is 2.43. The number of ether oxygens (including phenoxy) is 1. The average molecular weight is 505 g/mol. The Morgan fingerprint density at radius 2 is 1.67 bits per heavy atom. The second-order valence-electron chi connectivity index (χ2n) is 8.51. The van der Waals surface area contributed by atoms with Crippen LogP contribution in [0.3, 0.4) is 0 Å². The van der Waals surface area contributed by atoms with E-state index in [4.69, 9.17) is 15.4 Å². The van der Waals surface area contributed by atoms with Gasteiger partial charge < -0.3 is 4.74 Å². The Hall–Kier alpha value is -1.53. The van der Waals surface area contributed by atoms with Gasteiger partial charge in [-0.25, -0.2) is 0 Å². The molecule has 33 heavy (non-hydrogen) atoms. The number of halogens is 1. The van der Waals surface area contributed by atoms with Crippen molar-refractivity contribution in [3.8, 4) is 0 Å². The maximum Gasteiger partial charge on any atom is 0.299 e. The van der Waals surface area contributed by atoms with Crippen molar-refractivity contribution in [3.05, 3.63) is 95.6 Å². The molecule has 4 rings (SSSR count). The third kappa shape index (κ3) is 5.27. The van der Waals surface area contributed by atoms with E-state index < -0.39 is 14.8 Å². The van der Waals surface area contributed by atoms with E-state index in [2.05, 4.69) is 80.9 Å². The fraction of sp³-hybridized carbons (Fsp3) is 0.360. The van der Waals surface area contributed by atoms with Crippen LogP contribution >= 0.6 is 19.9 Å². The highest BCUT2D eigenvalue weighted by Gasteiger charge is 2.46. The van der Waals surface area contributed by atoms with Crippen LogP contribution in [0.1, 0.15) is 24.0 Å². The van der Waals surface area contributed by atoms with Gasteiger partial charge in [0.05, 0.1) is 17.5 Å². The summed E-state index contributed by atoms with van der Waals surface area (Å²) in [6, 6.07) is 21.1. The minimum Gasteiger partial charge on any atom is -0.367 e. The lowest BCUT2D eigenvalue weighted by molar-refractivity contribution is -0.0731. The molecule has 1 heterocycles. The SMILES string of the molecule is CN(CC1CN(C(C2=CCCC=C2)(c2ccccc2)c2ccccc2)CC(P)O1)S(=O)(=O)Cl. The van der Waals surface area contributed by atoms with Gasteiger partial charge in [0.1, 0.15) is 0 Å². The third-order valence-electron chi connectivity index (χ3n) is 6.29. The number of allylic oxidation sites excluding steroid dienone is 2. The highest BCUT2D eigenvalue weighted by molar-refractivity contribution is 8.11. The number of rotatable bonds is 7. The lowest BCUT2D eigenvalue weighted by atomic mass is 9.73. The van der Waals surface area contributed by atoms with Crippen molar-refractivity contribution < 1.29 is 13.2 Å². The summed E-state index contributed by atoms with van der Waals surface area (Å²) in [6.07, 6.45) is 8.48. The van der Waals surface area contributed by atoms with Crippen molar-refractivity contribution in [3.63, 3.8) is 0 Å². The molecule has 3 unspecified atom stereocenters. The maximum atomic E-state index is 11.9. The van der Waals surface area contributed by atoms with Crippen LogP contribution in [0.15, 0.2) is 84.5 Å². The monoisotopic (exact) mass is 504 g/mol. The first-order chi connectivity index (χ1) is 15.8. The molecule has 0 radical (unpaired) electrons. The lowest BCUT2D eigenvalue weighted by Crippen LogP contribution is -2.58. The van der Waals surface area contributed by atoms with E-state index in [1.165, 1.54) is 23.7 Å². The molecule has 2 aliphatic rings. The summed E-state index contributed by atoms with van der Waals surface area (Å²) < 4.78 is 31.0. The molecule has 0 bridgehead atoms. The Bertz CT molecular complexity index is 1070. The topological polar surface area (TPSA) is 49.9 Å². The van der Waals surface area contributed by atoms with Gasteiger partial charge in [0, 0.05) is 37.4 Å². The molecule has 0 saturated carbocycles. The normalized spacial score (nSPS) is 22.4. The molecule has 5 nitrogen and oxygen atoms in total. The number of nitrogens with zero attached hydrogens (tertiary/aromatic N) is 2. The molecule has 1 saturated heterocycles.